The highest BCUT2D eigenvalue weighted by molar-refractivity contribution is 5.93. The SMILES string of the molecule is O=C(O)C(F)(F)F.O=C(c1ccnnc1)N1CCC2(CC1)CN(c1ncc(F)cn1)CCO2. The first-order valence-electron chi connectivity index (χ1n) is 9.82. The normalized spacial score (nSPS) is 17.8. The van der Waals surface area contributed by atoms with Gasteiger partial charge in [-0.3, -0.25) is 4.79 Å². The van der Waals surface area contributed by atoms with Crippen LogP contribution in [0, 0.1) is 5.82 Å². The second-order valence-electron chi connectivity index (χ2n) is 7.38. The zero-order valence-corrected chi connectivity index (χ0v) is 17.2. The Balaban J connectivity index is 0.000000383. The highest BCUT2D eigenvalue weighted by Crippen LogP contribution is 2.31. The Bertz CT molecular complexity index is 953. The summed E-state index contributed by atoms with van der Waals surface area (Å²) in [6, 6.07) is 1.67. The number of halogens is 4. The summed E-state index contributed by atoms with van der Waals surface area (Å²) < 4.78 is 50.9. The van der Waals surface area contributed by atoms with E-state index in [0.29, 0.717) is 44.3 Å². The minimum absolute atomic E-state index is 0.0377. The molecule has 0 bridgehead atoms. The van der Waals surface area contributed by atoms with E-state index in [0.717, 1.165) is 12.8 Å². The van der Waals surface area contributed by atoms with Gasteiger partial charge in [0.1, 0.15) is 0 Å². The van der Waals surface area contributed by atoms with Crippen molar-refractivity contribution in [2.24, 2.45) is 0 Å². The summed E-state index contributed by atoms with van der Waals surface area (Å²) in [5.74, 6) is -2.73. The number of nitrogens with zero attached hydrogens (tertiary/aromatic N) is 6. The lowest BCUT2D eigenvalue weighted by Crippen LogP contribution is -2.58. The molecule has 1 spiro atoms. The Hall–Kier alpha value is -3.42. The molecule has 0 aliphatic carbocycles. The zero-order chi connectivity index (χ0) is 24.1. The molecule has 0 saturated carbocycles. The van der Waals surface area contributed by atoms with Crippen molar-refractivity contribution in [3.05, 3.63) is 42.2 Å². The zero-order valence-electron chi connectivity index (χ0n) is 17.2. The monoisotopic (exact) mass is 472 g/mol. The van der Waals surface area contributed by atoms with E-state index in [-0.39, 0.29) is 11.5 Å². The molecule has 178 valence electrons. The summed E-state index contributed by atoms with van der Waals surface area (Å²) >= 11 is 0. The maximum absolute atomic E-state index is 13.0. The van der Waals surface area contributed by atoms with Crippen molar-refractivity contribution < 1.29 is 37.0 Å². The first-order chi connectivity index (χ1) is 15.6. The van der Waals surface area contributed by atoms with Crippen LogP contribution in [-0.4, -0.2) is 86.6 Å². The molecular weight excluding hydrogens is 452 g/mol. The Morgan fingerprint density at radius 1 is 1.06 bits per heavy atom. The number of rotatable bonds is 2. The molecule has 2 aromatic rings. The van der Waals surface area contributed by atoms with Gasteiger partial charge in [0.15, 0.2) is 5.82 Å². The Kier molecular flexibility index (Phi) is 7.36. The van der Waals surface area contributed by atoms with Gasteiger partial charge in [-0.2, -0.15) is 23.4 Å². The number of alkyl halides is 3. The number of aliphatic carboxylic acids is 1. The number of amides is 1. The largest absolute Gasteiger partial charge is 0.490 e. The lowest BCUT2D eigenvalue weighted by Gasteiger charge is -2.47. The first kappa shape index (κ1) is 24.2. The van der Waals surface area contributed by atoms with Crippen LogP contribution in [0.4, 0.5) is 23.5 Å². The van der Waals surface area contributed by atoms with Crippen molar-refractivity contribution in [1.29, 1.82) is 0 Å². The number of carboxylic acids is 1. The Labute approximate surface area is 185 Å². The Morgan fingerprint density at radius 2 is 1.70 bits per heavy atom. The number of hydrogen-bond donors (Lipinski definition) is 1. The molecule has 2 saturated heterocycles. The number of anilines is 1. The van der Waals surface area contributed by atoms with Gasteiger partial charge in [-0.1, -0.05) is 0 Å². The lowest BCUT2D eigenvalue weighted by atomic mass is 9.89. The van der Waals surface area contributed by atoms with Gasteiger partial charge in [0.2, 0.25) is 5.95 Å². The third-order valence-electron chi connectivity index (χ3n) is 5.17. The second kappa shape index (κ2) is 10.0. The molecule has 2 aliphatic rings. The van der Waals surface area contributed by atoms with Crippen LogP contribution in [-0.2, 0) is 9.53 Å². The number of aromatic nitrogens is 4. The molecule has 4 rings (SSSR count). The minimum atomic E-state index is -5.08. The van der Waals surface area contributed by atoms with E-state index in [1.807, 2.05) is 9.80 Å². The topological polar surface area (TPSA) is 122 Å². The standard InChI is InChI=1S/C17H19FN6O2.C2HF3O2/c18-14-10-19-16(20-11-14)24-7-8-26-17(12-24)2-5-23(6-3-17)15(25)13-1-4-21-22-9-13;3-2(4,5)1(6)7/h1,4,9-11H,2-3,5-8,12H2;(H,6,7). The van der Waals surface area contributed by atoms with E-state index in [1.165, 1.54) is 24.8 Å². The molecule has 1 amide bonds. The van der Waals surface area contributed by atoms with E-state index < -0.39 is 18.0 Å². The van der Waals surface area contributed by atoms with Gasteiger partial charge in [-0.25, -0.2) is 19.2 Å². The minimum Gasteiger partial charge on any atom is -0.475 e. The lowest BCUT2D eigenvalue weighted by molar-refractivity contribution is -0.192. The maximum atomic E-state index is 13.0. The van der Waals surface area contributed by atoms with E-state index in [2.05, 4.69) is 20.2 Å². The van der Waals surface area contributed by atoms with Crippen LogP contribution in [0.25, 0.3) is 0 Å². The van der Waals surface area contributed by atoms with Crippen LogP contribution in [0.1, 0.15) is 23.2 Å². The van der Waals surface area contributed by atoms with E-state index in [1.54, 1.807) is 6.07 Å². The molecule has 1 N–H and O–H groups in total. The molecule has 0 unspecified atom stereocenters. The molecule has 0 aromatic carbocycles. The molecule has 33 heavy (non-hydrogen) atoms. The molecule has 14 heteroatoms. The van der Waals surface area contributed by atoms with Gasteiger partial charge in [0.05, 0.1) is 49.1 Å². The number of likely N-dealkylation sites (tertiary alicyclic amines) is 1. The first-order valence-corrected chi connectivity index (χ1v) is 9.82. The second-order valence-corrected chi connectivity index (χ2v) is 7.38. The van der Waals surface area contributed by atoms with Gasteiger partial charge >= 0.3 is 12.1 Å². The molecule has 0 atom stereocenters. The number of morpholine rings is 1. The number of piperidine rings is 1. The molecule has 10 nitrogen and oxygen atoms in total. The number of carbonyl (C=O) groups is 2. The average molecular weight is 472 g/mol. The molecular formula is C19H20F4N6O4. The van der Waals surface area contributed by atoms with E-state index in [9.17, 15) is 22.4 Å². The summed E-state index contributed by atoms with van der Waals surface area (Å²) in [6.45, 7) is 3.08. The van der Waals surface area contributed by atoms with Gasteiger partial charge in [-0.05, 0) is 18.9 Å². The molecule has 4 heterocycles. The van der Waals surface area contributed by atoms with Crippen LogP contribution in [0.2, 0.25) is 0 Å². The smallest absolute Gasteiger partial charge is 0.475 e. The highest BCUT2D eigenvalue weighted by Gasteiger charge is 2.41. The van der Waals surface area contributed by atoms with Crippen LogP contribution in [0.5, 0.6) is 0 Å². The summed E-state index contributed by atoms with van der Waals surface area (Å²) in [6.07, 6.45) is 1.73. The average Bonchev–Trinajstić information content (AvgIpc) is 2.80. The van der Waals surface area contributed by atoms with Crippen molar-refractivity contribution in [1.82, 2.24) is 25.1 Å². The Morgan fingerprint density at radius 3 is 2.24 bits per heavy atom. The fourth-order valence-corrected chi connectivity index (χ4v) is 3.50. The third-order valence-corrected chi connectivity index (χ3v) is 5.17. The summed E-state index contributed by atoms with van der Waals surface area (Å²) in [7, 11) is 0. The van der Waals surface area contributed by atoms with Crippen molar-refractivity contribution in [2.45, 2.75) is 24.6 Å². The fourth-order valence-electron chi connectivity index (χ4n) is 3.50. The molecule has 2 fully saturated rings. The number of carboxylic acid groups (broad SMARTS) is 1. The predicted molar refractivity (Wildman–Crippen MR) is 104 cm³/mol. The van der Waals surface area contributed by atoms with Crippen molar-refractivity contribution in [2.75, 3.05) is 37.7 Å². The summed E-state index contributed by atoms with van der Waals surface area (Å²) in [5.41, 5.74) is 0.213. The third kappa shape index (κ3) is 6.31. The number of carbonyl (C=O) groups excluding carboxylic acids is 1. The van der Waals surface area contributed by atoms with Gasteiger partial charge in [-0.15, -0.1) is 0 Å². The number of ether oxygens (including phenoxy) is 1. The van der Waals surface area contributed by atoms with Gasteiger partial charge < -0.3 is 19.6 Å². The number of hydrogen-bond acceptors (Lipinski definition) is 8. The summed E-state index contributed by atoms with van der Waals surface area (Å²) in [4.78, 5) is 33.4. The highest BCUT2D eigenvalue weighted by atomic mass is 19.4. The van der Waals surface area contributed by atoms with Crippen LogP contribution >= 0.6 is 0 Å². The van der Waals surface area contributed by atoms with Crippen LogP contribution in [0.15, 0.2) is 30.9 Å². The fraction of sp³-hybridized carbons (Fsp3) is 0.474. The molecule has 2 aliphatic heterocycles. The summed E-state index contributed by atoms with van der Waals surface area (Å²) in [5, 5.41) is 14.6. The quantitative estimate of drug-likeness (QED) is 0.649. The van der Waals surface area contributed by atoms with Crippen LogP contribution < -0.4 is 4.90 Å². The molecule has 0 radical (unpaired) electrons. The van der Waals surface area contributed by atoms with Crippen molar-refractivity contribution in [3.63, 3.8) is 0 Å². The van der Waals surface area contributed by atoms with Crippen LogP contribution in [0.3, 0.4) is 0 Å². The van der Waals surface area contributed by atoms with Gasteiger partial charge in [0, 0.05) is 19.6 Å². The predicted octanol–water partition coefficient (Wildman–Crippen LogP) is 1.55. The molecule has 2 aromatic heterocycles. The van der Waals surface area contributed by atoms with Crippen molar-refractivity contribution in [3.8, 4) is 0 Å². The van der Waals surface area contributed by atoms with E-state index >= 15 is 0 Å². The van der Waals surface area contributed by atoms with E-state index in [4.69, 9.17) is 14.6 Å². The maximum Gasteiger partial charge on any atom is 0.490 e. The van der Waals surface area contributed by atoms with Crippen molar-refractivity contribution >= 4 is 17.8 Å². The van der Waals surface area contributed by atoms with Gasteiger partial charge in [0.25, 0.3) is 5.91 Å².